The number of aromatic nitrogens is 1. The van der Waals surface area contributed by atoms with Crippen LogP contribution in [0.3, 0.4) is 0 Å². The Labute approximate surface area is 210 Å². The third kappa shape index (κ3) is 4.37. The van der Waals surface area contributed by atoms with Gasteiger partial charge in [0.25, 0.3) is 11.8 Å². The standard InChI is InChI=1S/C26H31N3O4SSi/c1-26(2,3)35(4,5)33-15-16(14-29-23(30)17-8-6-7-9-18(17)24(29)31)27-25-28-22-19-12-13-32-20(19)10-11-21(22)34-25/h6-11,16H,12-15H2,1-5H3,(H,27,28)/t16-/m0/s1. The van der Waals surface area contributed by atoms with Gasteiger partial charge in [0.05, 0.1) is 47.1 Å². The topological polar surface area (TPSA) is 80.8 Å². The number of carbonyl (C=O) groups is 2. The van der Waals surface area contributed by atoms with Crippen molar-refractivity contribution in [3.8, 4) is 5.75 Å². The quantitative estimate of drug-likeness (QED) is 0.343. The molecule has 0 saturated heterocycles. The SMILES string of the molecule is CC(C)(C)[Si](C)(C)OC[C@H](CN1C(=O)c2ccccc2C1=O)Nc1nc2c3c(ccc2s1)OCC3. The average Bonchev–Trinajstić information content (AvgIpc) is 3.50. The Bertz CT molecular complexity index is 1280. The fourth-order valence-electron chi connectivity index (χ4n) is 4.20. The number of thiazole rings is 1. The zero-order valence-electron chi connectivity index (χ0n) is 20.8. The van der Waals surface area contributed by atoms with Gasteiger partial charge in [0.2, 0.25) is 0 Å². The highest BCUT2D eigenvalue weighted by Gasteiger charge is 2.40. The van der Waals surface area contributed by atoms with Gasteiger partial charge in [-0.05, 0) is 42.4 Å². The molecule has 3 heterocycles. The number of fused-ring (bicyclic) bond motifs is 4. The molecule has 0 unspecified atom stereocenters. The fraction of sp³-hybridized carbons (Fsp3) is 0.423. The Kier molecular flexibility index (Phi) is 5.97. The van der Waals surface area contributed by atoms with E-state index in [1.165, 1.54) is 4.90 Å². The highest BCUT2D eigenvalue weighted by molar-refractivity contribution is 7.22. The number of imide groups is 1. The second-order valence-electron chi connectivity index (χ2n) is 10.7. The Hall–Kier alpha value is -2.75. The van der Waals surface area contributed by atoms with Crippen molar-refractivity contribution in [2.24, 2.45) is 0 Å². The van der Waals surface area contributed by atoms with Gasteiger partial charge in [-0.1, -0.05) is 44.2 Å². The van der Waals surface area contributed by atoms with Gasteiger partial charge in [-0.2, -0.15) is 0 Å². The summed E-state index contributed by atoms with van der Waals surface area (Å²) in [7, 11) is -2.05. The van der Waals surface area contributed by atoms with Crippen LogP contribution in [0, 0.1) is 0 Å². The fourth-order valence-corrected chi connectivity index (χ4v) is 6.22. The van der Waals surface area contributed by atoms with Gasteiger partial charge < -0.3 is 14.5 Å². The van der Waals surface area contributed by atoms with Crippen molar-refractivity contribution in [3.63, 3.8) is 0 Å². The molecular formula is C26H31N3O4SSi. The molecule has 2 aliphatic rings. The maximum Gasteiger partial charge on any atom is 0.261 e. The Morgan fingerprint density at radius 1 is 1.14 bits per heavy atom. The molecule has 0 fully saturated rings. The minimum absolute atomic E-state index is 0.0451. The molecule has 2 amide bonds. The van der Waals surface area contributed by atoms with E-state index in [0.717, 1.165) is 33.1 Å². The molecule has 0 bridgehead atoms. The number of hydrogen-bond acceptors (Lipinski definition) is 7. The molecule has 9 heteroatoms. The van der Waals surface area contributed by atoms with Gasteiger partial charge in [0, 0.05) is 12.0 Å². The molecule has 0 saturated carbocycles. The van der Waals surface area contributed by atoms with E-state index in [9.17, 15) is 9.59 Å². The maximum atomic E-state index is 13.0. The summed E-state index contributed by atoms with van der Waals surface area (Å²) in [5.41, 5.74) is 3.01. The lowest BCUT2D eigenvalue weighted by Crippen LogP contribution is -2.47. The summed E-state index contributed by atoms with van der Waals surface area (Å²) >= 11 is 1.57. The zero-order chi connectivity index (χ0) is 25.0. The first kappa shape index (κ1) is 24.0. The largest absolute Gasteiger partial charge is 0.493 e. The van der Waals surface area contributed by atoms with Crippen LogP contribution in [-0.4, -0.2) is 55.8 Å². The first-order chi connectivity index (χ1) is 16.5. The van der Waals surface area contributed by atoms with Crippen molar-refractivity contribution in [2.45, 2.75) is 51.4 Å². The van der Waals surface area contributed by atoms with E-state index in [0.29, 0.717) is 24.3 Å². The van der Waals surface area contributed by atoms with E-state index in [1.54, 1.807) is 35.6 Å². The predicted molar refractivity (Wildman–Crippen MR) is 141 cm³/mol. The van der Waals surface area contributed by atoms with Gasteiger partial charge in [-0.25, -0.2) is 4.98 Å². The first-order valence-corrected chi connectivity index (χ1v) is 15.7. The molecule has 184 valence electrons. The second kappa shape index (κ2) is 8.72. The molecular weight excluding hydrogens is 478 g/mol. The van der Waals surface area contributed by atoms with E-state index in [-0.39, 0.29) is 29.4 Å². The molecule has 7 nitrogen and oxygen atoms in total. The number of benzene rings is 2. The molecule has 1 N–H and O–H groups in total. The van der Waals surface area contributed by atoms with Crippen molar-refractivity contribution in [3.05, 3.63) is 53.1 Å². The third-order valence-corrected chi connectivity index (χ3v) is 12.7. The monoisotopic (exact) mass is 509 g/mol. The van der Waals surface area contributed by atoms with E-state index in [1.807, 2.05) is 12.1 Å². The van der Waals surface area contributed by atoms with E-state index >= 15 is 0 Å². The summed E-state index contributed by atoms with van der Waals surface area (Å²) in [6.07, 6.45) is 0.850. The highest BCUT2D eigenvalue weighted by atomic mass is 32.1. The normalized spacial score (nSPS) is 16.4. The first-order valence-electron chi connectivity index (χ1n) is 12.0. The molecule has 1 aromatic heterocycles. The van der Waals surface area contributed by atoms with Crippen LogP contribution in [0.2, 0.25) is 18.1 Å². The number of nitrogens with zero attached hydrogens (tertiary/aromatic N) is 2. The highest BCUT2D eigenvalue weighted by Crippen LogP contribution is 2.38. The molecule has 0 spiro atoms. The van der Waals surface area contributed by atoms with Crippen molar-refractivity contribution in [1.29, 1.82) is 0 Å². The Balaban J connectivity index is 1.41. The van der Waals surface area contributed by atoms with Crippen LogP contribution in [0.4, 0.5) is 5.13 Å². The lowest BCUT2D eigenvalue weighted by atomic mass is 10.1. The van der Waals surface area contributed by atoms with Gasteiger partial charge in [0.15, 0.2) is 13.4 Å². The number of hydrogen-bond donors (Lipinski definition) is 1. The summed E-state index contributed by atoms with van der Waals surface area (Å²) in [6, 6.07) is 10.7. The molecule has 3 aromatic rings. The maximum absolute atomic E-state index is 13.0. The smallest absolute Gasteiger partial charge is 0.261 e. The molecule has 5 rings (SSSR count). The molecule has 2 aromatic carbocycles. The number of amides is 2. The van der Waals surface area contributed by atoms with Crippen molar-refractivity contribution < 1.29 is 18.8 Å². The number of ether oxygens (including phenoxy) is 1. The van der Waals surface area contributed by atoms with Crippen LogP contribution >= 0.6 is 11.3 Å². The van der Waals surface area contributed by atoms with Crippen LogP contribution in [0.25, 0.3) is 10.2 Å². The molecule has 0 radical (unpaired) electrons. The van der Waals surface area contributed by atoms with Gasteiger partial charge in [-0.3, -0.25) is 14.5 Å². The summed E-state index contributed by atoms with van der Waals surface area (Å²) in [4.78, 5) is 32.3. The van der Waals surface area contributed by atoms with Gasteiger partial charge in [0.1, 0.15) is 5.75 Å². The Morgan fingerprint density at radius 3 is 2.49 bits per heavy atom. The molecule has 2 aliphatic heterocycles. The van der Waals surface area contributed by atoms with E-state index in [4.69, 9.17) is 14.1 Å². The van der Waals surface area contributed by atoms with Crippen LogP contribution in [-0.2, 0) is 10.8 Å². The minimum atomic E-state index is -2.05. The van der Waals surface area contributed by atoms with Gasteiger partial charge in [-0.15, -0.1) is 0 Å². The zero-order valence-corrected chi connectivity index (χ0v) is 22.6. The third-order valence-electron chi connectivity index (χ3n) is 7.29. The number of nitrogens with one attached hydrogen (secondary N) is 1. The van der Waals surface area contributed by atoms with Crippen molar-refractivity contribution >= 4 is 46.8 Å². The van der Waals surface area contributed by atoms with Crippen LogP contribution in [0.15, 0.2) is 36.4 Å². The van der Waals surface area contributed by atoms with E-state index in [2.05, 4.69) is 39.2 Å². The van der Waals surface area contributed by atoms with Crippen LogP contribution in [0.5, 0.6) is 5.75 Å². The van der Waals surface area contributed by atoms with E-state index < -0.39 is 8.32 Å². The second-order valence-corrected chi connectivity index (χ2v) is 16.5. The number of carbonyl (C=O) groups excluding carboxylic acids is 2. The predicted octanol–water partition coefficient (Wildman–Crippen LogP) is 5.33. The van der Waals surface area contributed by atoms with Crippen molar-refractivity contribution in [2.75, 3.05) is 25.1 Å². The lowest BCUT2D eigenvalue weighted by Gasteiger charge is -2.37. The van der Waals surface area contributed by atoms with Gasteiger partial charge >= 0.3 is 0 Å². The lowest BCUT2D eigenvalue weighted by molar-refractivity contribution is 0.0639. The summed E-state index contributed by atoms with van der Waals surface area (Å²) in [6.45, 7) is 12.3. The average molecular weight is 510 g/mol. The minimum Gasteiger partial charge on any atom is -0.493 e. The molecule has 35 heavy (non-hydrogen) atoms. The Morgan fingerprint density at radius 2 is 1.83 bits per heavy atom. The summed E-state index contributed by atoms with van der Waals surface area (Å²) in [5, 5.41) is 4.29. The van der Waals surface area contributed by atoms with Crippen LogP contribution < -0.4 is 10.1 Å². The number of anilines is 1. The summed E-state index contributed by atoms with van der Waals surface area (Å²) in [5.74, 6) is 0.381. The van der Waals surface area contributed by atoms with Crippen LogP contribution in [0.1, 0.15) is 47.1 Å². The molecule has 1 atom stereocenters. The van der Waals surface area contributed by atoms with Crippen molar-refractivity contribution in [1.82, 2.24) is 9.88 Å². The molecule has 0 aliphatic carbocycles. The summed E-state index contributed by atoms with van der Waals surface area (Å²) < 4.78 is 13.3. The number of rotatable bonds is 7.